The van der Waals surface area contributed by atoms with Crippen molar-refractivity contribution >= 4 is 15.9 Å². The van der Waals surface area contributed by atoms with Gasteiger partial charge in [0.2, 0.25) is 15.9 Å². The third-order valence-corrected chi connectivity index (χ3v) is 6.72. The molecule has 0 spiro atoms. The van der Waals surface area contributed by atoms with Crippen LogP contribution in [0.1, 0.15) is 55.3 Å². The van der Waals surface area contributed by atoms with Crippen LogP contribution in [-0.2, 0) is 27.7 Å². The summed E-state index contributed by atoms with van der Waals surface area (Å²) in [7, 11) is -3.23. The summed E-state index contributed by atoms with van der Waals surface area (Å²) >= 11 is 0. The second-order valence-electron chi connectivity index (χ2n) is 7.43. The summed E-state index contributed by atoms with van der Waals surface area (Å²) in [5.41, 5.74) is 3.97. The molecule has 5 nitrogen and oxygen atoms in total. The van der Waals surface area contributed by atoms with Gasteiger partial charge in [0.15, 0.2) is 0 Å². The summed E-state index contributed by atoms with van der Waals surface area (Å²) in [6.45, 7) is 2.81. The van der Waals surface area contributed by atoms with Crippen molar-refractivity contribution in [2.75, 3.05) is 19.3 Å². The molecular formula is C19H28N2O3S. The molecule has 0 radical (unpaired) electrons. The highest BCUT2D eigenvalue weighted by Gasteiger charge is 2.30. The molecular weight excluding hydrogens is 336 g/mol. The van der Waals surface area contributed by atoms with Crippen LogP contribution in [0.4, 0.5) is 0 Å². The molecule has 2 aliphatic rings. The van der Waals surface area contributed by atoms with Crippen molar-refractivity contribution < 1.29 is 13.2 Å². The van der Waals surface area contributed by atoms with Crippen LogP contribution in [-0.4, -0.2) is 38.0 Å². The second-order valence-corrected chi connectivity index (χ2v) is 9.41. The second kappa shape index (κ2) is 7.46. The van der Waals surface area contributed by atoms with Gasteiger partial charge in [0, 0.05) is 13.1 Å². The number of benzene rings is 1. The van der Waals surface area contributed by atoms with Gasteiger partial charge in [-0.3, -0.25) is 4.79 Å². The molecule has 6 heteroatoms. The van der Waals surface area contributed by atoms with Crippen molar-refractivity contribution in [3.05, 3.63) is 34.9 Å². The van der Waals surface area contributed by atoms with Gasteiger partial charge in [-0.25, -0.2) is 12.7 Å². The Labute approximate surface area is 150 Å². The summed E-state index contributed by atoms with van der Waals surface area (Å²) in [5.74, 6) is -0.304. The van der Waals surface area contributed by atoms with Crippen LogP contribution >= 0.6 is 0 Å². The molecule has 0 bridgehead atoms. The van der Waals surface area contributed by atoms with Gasteiger partial charge in [-0.1, -0.05) is 18.2 Å². The zero-order valence-corrected chi connectivity index (χ0v) is 15.9. The standard InChI is InChI=1S/C19H28N2O3S/c1-14(16-10-9-15-6-3-4-7-17(15)12-16)20-19(22)18-8-5-11-21(13-18)25(2,23)24/h9-10,12,14,18H,3-8,11,13H2,1-2H3,(H,20,22)/t14-,18+/m0/s1. The Kier molecular flexibility index (Phi) is 5.49. The average Bonchev–Trinajstić information content (AvgIpc) is 2.60. The number of hydrogen-bond acceptors (Lipinski definition) is 3. The monoisotopic (exact) mass is 364 g/mol. The number of rotatable bonds is 4. The maximum Gasteiger partial charge on any atom is 0.224 e. The maximum absolute atomic E-state index is 12.6. The number of amides is 1. The van der Waals surface area contributed by atoms with E-state index in [1.165, 1.54) is 34.5 Å². The van der Waals surface area contributed by atoms with Crippen LogP contribution in [0.3, 0.4) is 0 Å². The summed E-state index contributed by atoms with van der Waals surface area (Å²) in [6, 6.07) is 6.47. The topological polar surface area (TPSA) is 66.5 Å². The van der Waals surface area contributed by atoms with E-state index in [0.717, 1.165) is 31.2 Å². The Bertz CT molecular complexity index is 745. The Balaban J connectivity index is 1.64. The normalized spacial score (nSPS) is 22.9. The first-order chi connectivity index (χ1) is 11.8. The minimum Gasteiger partial charge on any atom is -0.349 e. The SMILES string of the molecule is C[C@H](NC(=O)[C@@H]1CCCN(S(C)(=O)=O)C1)c1ccc2c(c1)CCCC2. The summed E-state index contributed by atoms with van der Waals surface area (Å²) in [6.07, 6.45) is 7.46. The predicted molar refractivity (Wildman–Crippen MR) is 98.8 cm³/mol. The smallest absolute Gasteiger partial charge is 0.224 e. The van der Waals surface area contributed by atoms with E-state index < -0.39 is 10.0 Å². The zero-order chi connectivity index (χ0) is 18.0. The lowest BCUT2D eigenvalue weighted by Gasteiger charge is -2.31. The number of hydrogen-bond donors (Lipinski definition) is 1. The number of fused-ring (bicyclic) bond motifs is 1. The van der Waals surface area contributed by atoms with Gasteiger partial charge in [0.05, 0.1) is 18.2 Å². The molecule has 2 atom stereocenters. The number of carbonyl (C=O) groups excluding carboxylic acids is 1. The van der Waals surface area contributed by atoms with E-state index in [4.69, 9.17) is 0 Å². The summed E-state index contributed by atoms with van der Waals surface area (Å²) in [4.78, 5) is 12.6. The highest BCUT2D eigenvalue weighted by molar-refractivity contribution is 7.88. The zero-order valence-electron chi connectivity index (χ0n) is 15.1. The molecule has 1 heterocycles. The lowest BCUT2D eigenvalue weighted by atomic mass is 9.89. The van der Waals surface area contributed by atoms with E-state index in [1.807, 2.05) is 6.92 Å². The molecule has 1 amide bonds. The number of nitrogens with one attached hydrogen (secondary N) is 1. The van der Waals surface area contributed by atoms with Crippen LogP contribution in [0.2, 0.25) is 0 Å². The number of aryl methyl sites for hydroxylation is 2. The molecule has 1 aromatic rings. The third kappa shape index (κ3) is 4.42. The first-order valence-corrected chi connectivity index (χ1v) is 11.1. The van der Waals surface area contributed by atoms with Gasteiger partial charge in [-0.05, 0) is 62.1 Å². The molecule has 0 unspecified atom stereocenters. The van der Waals surface area contributed by atoms with Crippen molar-refractivity contribution in [2.24, 2.45) is 5.92 Å². The van der Waals surface area contributed by atoms with Crippen LogP contribution in [0.5, 0.6) is 0 Å². The fourth-order valence-corrected chi connectivity index (χ4v) is 4.81. The molecule has 1 N–H and O–H groups in total. The first-order valence-electron chi connectivity index (χ1n) is 9.22. The van der Waals surface area contributed by atoms with Gasteiger partial charge < -0.3 is 5.32 Å². The molecule has 1 aliphatic carbocycles. The fraction of sp³-hybridized carbons (Fsp3) is 0.632. The van der Waals surface area contributed by atoms with Gasteiger partial charge >= 0.3 is 0 Å². The molecule has 25 heavy (non-hydrogen) atoms. The quantitative estimate of drug-likeness (QED) is 0.892. The fourth-order valence-electron chi connectivity index (χ4n) is 3.89. The van der Waals surface area contributed by atoms with E-state index in [1.54, 1.807) is 0 Å². The largest absolute Gasteiger partial charge is 0.349 e. The molecule has 3 rings (SSSR count). The molecule has 1 aromatic carbocycles. The average molecular weight is 365 g/mol. The minimum absolute atomic E-state index is 0.0430. The Morgan fingerprint density at radius 1 is 1.20 bits per heavy atom. The Hall–Kier alpha value is -1.40. The number of piperidine rings is 1. The van der Waals surface area contributed by atoms with Gasteiger partial charge in [0.25, 0.3) is 0 Å². The van der Waals surface area contributed by atoms with Crippen molar-refractivity contribution in [2.45, 2.75) is 51.5 Å². The lowest BCUT2D eigenvalue weighted by Crippen LogP contribution is -2.45. The van der Waals surface area contributed by atoms with Crippen LogP contribution in [0, 0.1) is 5.92 Å². The maximum atomic E-state index is 12.6. The van der Waals surface area contributed by atoms with Gasteiger partial charge in [-0.2, -0.15) is 0 Å². The highest BCUT2D eigenvalue weighted by Crippen LogP contribution is 2.25. The lowest BCUT2D eigenvalue weighted by molar-refractivity contribution is -0.126. The number of carbonyl (C=O) groups is 1. The van der Waals surface area contributed by atoms with Crippen molar-refractivity contribution in [1.29, 1.82) is 0 Å². The van der Waals surface area contributed by atoms with E-state index in [2.05, 4.69) is 23.5 Å². The van der Waals surface area contributed by atoms with Gasteiger partial charge in [-0.15, -0.1) is 0 Å². The number of nitrogens with zero attached hydrogens (tertiary/aromatic N) is 1. The molecule has 1 aliphatic heterocycles. The van der Waals surface area contributed by atoms with E-state index in [9.17, 15) is 13.2 Å². The van der Waals surface area contributed by atoms with Crippen LogP contribution in [0.25, 0.3) is 0 Å². The third-order valence-electron chi connectivity index (χ3n) is 5.46. The van der Waals surface area contributed by atoms with E-state index in [-0.39, 0.29) is 17.9 Å². The van der Waals surface area contributed by atoms with E-state index >= 15 is 0 Å². The van der Waals surface area contributed by atoms with Crippen LogP contribution < -0.4 is 5.32 Å². The Morgan fingerprint density at radius 2 is 1.92 bits per heavy atom. The number of sulfonamides is 1. The highest BCUT2D eigenvalue weighted by atomic mass is 32.2. The molecule has 0 saturated carbocycles. The first kappa shape index (κ1) is 18.4. The Morgan fingerprint density at radius 3 is 2.64 bits per heavy atom. The van der Waals surface area contributed by atoms with Crippen molar-refractivity contribution in [3.8, 4) is 0 Å². The van der Waals surface area contributed by atoms with E-state index in [0.29, 0.717) is 13.1 Å². The van der Waals surface area contributed by atoms with Crippen molar-refractivity contribution in [3.63, 3.8) is 0 Å². The predicted octanol–water partition coefficient (Wildman–Crippen LogP) is 2.41. The summed E-state index contributed by atoms with van der Waals surface area (Å²) < 4.78 is 24.9. The molecule has 138 valence electrons. The van der Waals surface area contributed by atoms with Crippen molar-refractivity contribution in [1.82, 2.24) is 9.62 Å². The molecule has 1 saturated heterocycles. The summed E-state index contributed by atoms with van der Waals surface area (Å²) in [5, 5.41) is 3.08. The van der Waals surface area contributed by atoms with Gasteiger partial charge in [0.1, 0.15) is 0 Å². The minimum atomic E-state index is -3.23. The molecule has 1 fully saturated rings. The van der Waals surface area contributed by atoms with Crippen LogP contribution in [0.15, 0.2) is 18.2 Å². The molecule has 0 aromatic heterocycles.